The molecule has 5 heteroatoms. The van der Waals surface area contributed by atoms with Crippen molar-refractivity contribution in [3.63, 3.8) is 0 Å². The molecule has 0 heterocycles. The van der Waals surface area contributed by atoms with E-state index in [1.807, 2.05) is 0 Å². The molecule has 0 aliphatic rings. The van der Waals surface area contributed by atoms with Crippen LogP contribution in [-0.4, -0.2) is 40.1 Å². The van der Waals surface area contributed by atoms with Crippen molar-refractivity contribution in [2.45, 2.75) is 77.8 Å². The Hall–Kier alpha value is -0.126. The summed E-state index contributed by atoms with van der Waals surface area (Å²) in [4.78, 5) is 0. The van der Waals surface area contributed by atoms with Crippen LogP contribution in [0.2, 0.25) is 36.3 Å². The fourth-order valence-electron chi connectivity index (χ4n) is 1.06. The smallest absolute Gasteiger partial charge is 0.178 e. The molecule has 0 amide bonds. The Bertz CT molecular complexity index is 320. The summed E-state index contributed by atoms with van der Waals surface area (Å²) < 4.78 is 6.63. The van der Waals surface area contributed by atoms with Gasteiger partial charge in [0.2, 0.25) is 0 Å². The van der Waals surface area contributed by atoms with E-state index in [2.05, 4.69) is 79.6 Å². The lowest BCUT2D eigenvalue weighted by atomic mass is 10.2. The summed E-state index contributed by atoms with van der Waals surface area (Å²) in [6, 6.07) is 0. The van der Waals surface area contributed by atoms with E-state index < -0.39 is 16.6 Å². The Balaban J connectivity index is 0. The van der Waals surface area contributed by atoms with Gasteiger partial charge in [-0.25, -0.2) is 0 Å². The van der Waals surface area contributed by atoms with Crippen LogP contribution in [0.4, 0.5) is 0 Å². The van der Waals surface area contributed by atoms with Gasteiger partial charge in [0.25, 0.3) is 0 Å². The molecule has 21 heavy (non-hydrogen) atoms. The Morgan fingerprint density at radius 1 is 0.714 bits per heavy atom. The standard InChI is InChI=1S/C12H30OSi2.C4H6O2/c1-11(2,3)14(7,8)13-15(9,10)12(4,5)6;5-3-1-2-4-6/h1-10H3;5-6H,3-4H2. The number of aliphatic hydroxyl groups excluding tert-OH is 2. The van der Waals surface area contributed by atoms with Crippen LogP contribution in [-0.2, 0) is 4.12 Å². The van der Waals surface area contributed by atoms with Crippen LogP contribution in [0.3, 0.4) is 0 Å². The van der Waals surface area contributed by atoms with Crippen LogP contribution >= 0.6 is 0 Å². The molecule has 0 aliphatic carbocycles. The minimum atomic E-state index is -1.59. The quantitative estimate of drug-likeness (QED) is 0.594. The third-order valence-corrected chi connectivity index (χ3v) is 15.7. The Morgan fingerprint density at radius 2 is 0.952 bits per heavy atom. The molecule has 0 saturated carbocycles. The third kappa shape index (κ3) is 8.79. The van der Waals surface area contributed by atoms with Gasteiger partial charge in [-0.15, -0.1) is 0 Å². The topological polar surface area (TPSA) is 49.7 Å². The summed E-state index contributed by atoms with van der Waals surface area (Å²) in [5.74, 6) is 4.51. The zero-order valence-electron chi connectivity index (χ0n) is 15.7. The fourth-order valence-corrected chi connectivity index (χ4v) is 8.61. The van der Waals surface area contributed by atoms with Crippen molar-refractivity contribution in [3.05, 3.63) is 0 Å². The highest BCUT2D eigenvalue weighted by atomic mass is 28.4. The van der Waals surface area contributed by atoms with Crippen LogP contribution in [0.1, 0.15) is 41.5 Å². The van der Waals surface area contributed by atoms with Crippen molar-refractivity contribution in [3.8, 4) is 11.8 Å². The zero-order valence-corrected chi connectivity index (χ0v) is 17.7. The van der Waals surface area contributed by atoms with Crippen LogP contribution in [0.5, 0.6) is 0 Å². The first-order valence-electron chi connectivity index (χ1n) is 7.50. The molecule has 0 radical (unpaired) electrons. The predicted molar refractivity (Wildman–Crippen MR) is 97.4 cm³/mol. The van der Waals surface area contributed by atoms with Crippen molar-refractivity contribution in [1.29, 1.82) is 0 Å². The van der Waals surface area contributed by atoms with Crippen LogP contribution in [0.15, 0.2) is 0 Å². The maximum absolute atomic E-state index is 7.91. The largest absolute Gasteiger partial charge is 0.455 e. The van der Waals surface area contributed by atoms with Gasteiger partial charge < -0.3 is 14.3 Å². The first-order valence-corrected chi connectivity index (χ1v) is 13.3. The summed E-state index contributed by atoms with van der Waals surface area (Å²) in [5, 5.41) is 16.5. The molecule has 0 atom stereocenters. The van der Waals surface area contributed by atoms with Gasteiger partial charge in [0.1, 0.15) is 13.2 Å². The molecule has 0 rings (SSSR count). The Morgan fingerprint density at radius 3 is 1.10 bits per heavy atom. The van der Waals surface area contributed by atoms with Crippen molar-refractivity contribution in [1.82, 2.24) is 0 Å². The van der Waals surface area contributed by atoms with Gasteiger partial charge in [-0.05, 0) is 36.3 Å². The molecule has 0 unspecified atom stereocenters. The first-order chi connectivity index (χ1) is 9.12. The maximum atomic E-state index is 7.91. The molecule has 0 spiro atoms. The molecule has 0 aromatic rings. The fraction of sp³-hybridized carbons (Fsp3) is 0.875. The number of hydrogen-bond acceptors (Lipinski definition) is 3. The van der Waals surface area contributed by atoms with Crippen LogP contribution in [0, 0.1) is 11.8 Å². The monoisotopic (exact) mass is 332 g/mol. The van der Waals surface area contributed by atoms with Crippen LogP contribution < -0.4 is 0 Å². The predicted octanol–water partition coefficient (Wildman–Crippen LogP) is 3.99. The second kappa shape index (κ2) is 8.49. The van der Waals surface area contributed by atoms with E-state index in [1.54, 1.807) is 0 Å². The SMILES string of the molecule is CC(C)(C)[Si](C)(C)O[Si](C)(C)C(C)(C)C.OCC#CCO. The molecule has 0 aliphatic heterocycles. The highest BCUT2D eigenvalue weighted by molar-refractivity contribution is 6.87. The molecule has 0 aromatic heterocycles. The molecular weight excluding hydrogens is 296 g/mol. The first kappa shape index (κ1) is 23.1. The minimum Gasteiger partial charge on any atom is -0.455 e. The van der Waals surface area contributed by atoms with Gasteiger partial charge in [-0.2, -0.15) is 0 Å². The van der Waals surface area contributed by atoms with E-state index in [0.717, 1.165) is 0 Å². The average Bonchev–Trinajstić information content (AvgIpc) is 2.22. The minimum absolute atomic E-state index is 0.166. The van der Waals surface area contributed by atoms with E-state index >= 15 is 0 Å². The van der Waals surface area contributed by atoms with Gasteiger partial charge in [0.05, 0.1) is 0 Å². The summed E-state index contributed by atoms with van der Waals surface area (Å²) in [5.41, 5.74) is 0. The van der Waals surface area contributed by atoms with E-state index in [-0.39, 0.29) is 13.2 Å². The van der Waals surface area contributed by atoms with Gasteiger partial charge in [-0.3, -0.25) is 0 Å². The number of rotatable bonds is 2. The van der Waals surface area contributed by atoms with E-state index in [1.165, 1.54) is 0 Å². The lowest BCUT2D eigenvalue weighted by Gasteiger charge is -2.47. The molecule has 2 N–H and O–H groups in total. The average molecular weight is 333 g/mol. The van der Waals surface area contributed by atoms with Gasteiger partial charge in [0.15, 0.2) is 16.6 Å². The molecule has 0 aromatic carbocycles. The number of aliphatic hydroxyl groups is 2. The summed E-state index contributed by atoms with van der Waals surface area (Å²) in [7, 11) is -3.18. The highest BCUT2D eigenvalue weighted by Gasteiger charge is 2.46. The van der Waals surface area contributed by atoms with Crippen LogP contribution in [0.25, 0.3) is 0 Å². The summed E-state index contributed by atoms with van der Waals surface area (Å²) in [6.07, 6.45) is 0. The molecule has 0 saturated heterocycles. The van der Waals surface area contributed by atoms with E-state index in [9.17, 15) is 0 Å². The molecular formula is C16H36O3Si2. The van der Waals surface area contributed by atoms with Crippen molar-refractivity contribution >= 4 is 16.6 Å². The second-order valence-electron chi connectivity index (χ2n) is 8.29. The Kier molecular flexibility index (Phi) is 9.36. The molecule has 0 bridgehead atoms. The third-order valence-electron chi connectivity index (χ3n) is 4.41. The van der Waals surface area contributed by atoms with E-state index in [4.69, 9.17) is 14.3 Å². The number of hydrogen-bond donors (Lipinski definition) is 2. The molecule has 126 valence electrons. The van der Waals surface area contributed by atoms with Gasteiger partial charge in [0, 0.05) is 0 Å². The van der Waals surface area contributed by atoms with Crippen molar-refractivity contribution in [2.75, 3.05) is 13.2 Å². The lowest BCUT2D eigenvalue weighted by molar-refractivity contribution is 0.342. The summed E-state index contributed by atoms with van der Waals surface area (Å²) >= 11 is 0. The maximum Gasteiger partial charge on any atom is 0.178 e. The summed E-state index contributed by atoms with van der Waals surface area (Å²) in [6.45, 7) is 23.0. The van der Waals surface area contributed by atoms with Crippen molar-refractivity contribution < 1.29 is 14.3 Å². The molecule has 3 nitrogen and oxygen atoms in total. The highest BCUT2D eigenvalue weighted by Crippen LogP contribution is 2.44. The van der Waals surface area contributed by atoms with Gasteiger partial charge in [-0.1, -0.05) is 53.4 Å². The van der Waals surface area contributed by atoms with Gasteiger partial charge >= 0.3 is 0 Å². The Labute approximate surface area is 134 Å². The van der Waals surface area contributed by atoms with E-state index in [0.29, 0.717) is 10.1 Å². The zero-order chi connectivity index (χ0) is 17.5. The second-order valence-corrected chi connectivity index (χ2v) is 18.2. The van der Waals surface area contributed by atoms with Crippen molar-refractivity contribution in [2.24, 2.45) is 0 Å². The molecule has 0 fully saturated rings. The lowest BCUT2D eigenvalue weighted by Crippen LogP contribution is -2.53. The normalized spacial score (nSPS) is 13.0.